The average Bonchev–Trinajstić information content (AvgIpc) is 3.23. The number of likely N-dealkylation sites (N-methyl/N-ethyl adjacent to an activating group) is 2. The predicted molar refractivity (Wildman–Crippen MR) is 116 cm³/mol. The second-order valence-electron chi connectivity index (χ2n) is 8.08. The molecule has 0 aliphatic carbocycles. The molecule has 0 bridgehead atoms. The first-order chi connectivity index (χ1) is 14.4. The number of hydrogen-bond donors (Lipinski definition) is 0. The zero-order chi connectivity index (χ0) is 21.4. The first-order valence-corrected chi connectivity index (χ1v) is 10.1. The van der Waals surface area contributed by atoms with E-state index < -0.39 is 12.2 Å². The summed E-state index contributed by atoms with van der Waals surface area (Å²) in [5, 5.41) is 0. The topological polar surface area (TPSA) is 62.7 Å². The minimum atomic E-state index is -0.521. The zero-order valence-electron chi connectivity index (χ0n) is 17.9. The fourth-order valence-electron chi connectivity index (χ4n) is 4.00. The van der Waals surface area contributed by atoms with Gasteiger partial charge in [-0.15, -0.1) is 0 Å². The molecule has 8 nitrogen and oxygen atoms in total. The molecule has 30 heavy (non-hydrogen) atoms. The van der Waals surface area contributed by atoms with Gasteiger partial charge in [0.25, 0.3) is 5.91 Å². The van der Waals surface area contributed by atoms with E-state index in [-0.39, 0.29) is 18.5 Å². The number of hydrogen-bond acceptors (Lipinski definition) is 6. The summed E-state index contributed by atoms with van der Waals surface area (Å²) in [4.78, 5) is 40.0. The van der Waals surface area contributed by atoms with Crippen molar-refractivity contribution < 1.29 is 9.59 Å². The van der Waals surface area contributed by atoms with E-state index in [4.69, 9.17) is 4.99 Å². The van der Waals surface area contributed by atoms with Gasteiger partial charge in [0.2, 0.25) is 5.96 Å². The van der Waals surface area contributed by atoms with Gasteiger partial charge in [0, 0.05) is 38.6 Å². The Labute approximate surface area is 177 Å². The summed E-state index contributed by atoms with van der Waals surface area (Å²) in [5.41, 5.74) is 2.08. The summed E-state index contributed by atoms with van der Waals surface area (Å²) >= 11 is 0. The van der Waals surface area contributed by atoms with Crippen LogP contribution in [0.1, 0.15) is 12.5 Å². The molecule has 0 radical (unpaired) electrons. The van der Waals surface area contributed by atoms with Crippen LogP contribution < -0.4 is 0 Å². The van der Waals surface area contributed by atoms with Gasteiger partial charge in [-0.3, -0.25) is 9.69 Å². The first-order valence-electron chi connectivity index (χ1n) is 10.1. The molecule has 2 atom stereocenters. The van der Waals surface area contributed by atoms with Crippen molar-refractivity contribution in [2.24, 2.45) is 4.99 Å². The van der Waals surface area contributed by atoms with Gasteiger partial charge in [-0.25, -0.2) is 9.79 Å². The summed E-state index contributed by atoms with van der Waals surface area (Å²) in [6, 6.07) is 8.99. The highest BCUT2D eigenvalue weighted by atomic mass is 16.2. The molecule has 3 aliphatic rings. The molecule has 3 aliphatic heterocycles. The number of urea groups is 1. The van der Waals surface area contributed by atoms with E-state index in [1.54, 1.807) is 11.9 Å². The number of aliphatic imine (C=N–C) groups is 1. The SMILES string of the molecule is CC1=CN2C(=NC3C2C(=O)N(C/C=C/c2ccccc2)C(=O)N3C)N1CCN(C)C. The van der Waals surface area contributed by atoms with Crippen molar-refractivity contribution in [3.63, 3.8) is 0 Å². The van der Waals surface area contributed by atoms with Crippen LogP contribution in [0.25, 0.3) is 6.08 Å². The minimum Gasteiger partial charge on any atom is -0.313 e. The van der Waals surface area contributed by atoms with E-state index in [2.05, 4.69) is 9.80 Å². The quantitative estimate of drug-likeness (QED) is 0.717. The van der Waals surface area contributed by atoms with Crippen LogP contribution in [0.5, 0.6) is 0 Å². The number of benzene rings is 1. The normalized spacial score (nSPS) is 23.5. The summed E-state index contributed by atoms with van der Waals surface area (Å²) in [6.07, 6.45) is 5.25. The Morgan fingerprint density at radius 3 is 2.57 bits per heavy atom. The molecule has 0 saturated carbocycles. The summed E-state index contributed by atoms with van der Waals surface area (Å²) in [7, 11) is 5.77. The Bertz CT molecular complexity index is 923. The third-order valence-electron chi connectivity index (χ3n) is 5.67. The molecule has 1 saturated heterocycles. The lowest BCUT2D eigenvalue weighted by atomic mass is 10.1. The molecule has 0 N–H and O–H groups in total. The second kappa shape index (κ2) is 7.95. The lowest BCUT2D eigenvalue weighted by molar-refractivity contribution is -0.136. The molecule has 0 spiro atoms. The van der Waals surface area contributed by atoms with Gasteiger partial charge in [-0.1, -0.05) is 42.5 Å². The fraction of sp³-hybridized carbons (Fsp3) is 0.409. The van der Waals surface area contributed by atoms with Crippen LogP contribution in [0.3, 0.4) is 0 Å². The Hall–Kier alpha value is -3.13. The maximum atomic E-state index is 13.3. The number of amides is 3. The molecular formula is C22H28N6O2. The summed E-state index contributed by atoms with van der Waals surface area (Å²) in [5.74, 6) is 0.539. The number of carbonyl (C=O) groups excluding carboxylic acids is 2. The van der Waals surface area contributed by atoms with Crippen LogP contribution in [0.2, 0.25) is 0 Å². The van der Waals surface area contributed by atoms with Gasteiger partial charge in [0.1, 0.15) is 0 Å². The smallest absolute Gasteiger partial charge is 0.313 e. The van der Waals surface area contributed by atoms with Crippen molar-refractivity contribution >= 4 is 24.0 Å². The minimum absolute atomic E-state index is 0.210. The van der Waals surface area contributed by atoms with E-state index in [1.165, 1.54) is 4.90 Å². The van der Waals surface area contributed by atoms with Crippen LogP contribution in [-0.4, -0.2) is 95.4 Å². The van der Waals surface area contributed by atoms with Crippen LogP contribution in [0.4, 0.5) is 4.79 Å². The monoisotopic (exact) mass is 408 g/mol. The molecule has 3 heterocycles. The van der Waals surface area contributed by atoms with Gasteiger partial charge in [0.05, 0.1) is 0 Å². The fourth-order valence-corrected chi connectivity index (χ4v) is 4.00. The van der Waals surface area contributed by atoms with Crippen LogP contribution in [0, 0.1) is 0 Å². The van der Waals surface area contributed by atoms with Crippen LogP contribution >= 0.6 is 0 Å². The third kappa shape index (κ3) is 3.47. The second-order valence-corrected chi connectivity index (χ2v) is 8.08. The van der Waals surface area contributed by atoms with Crippen LogP contribution in [0.15, 0.2) is 53.3 Å². The average molecular weight is 409 g/mol. The van der Waals surface area contributed by atoms with Crippen molar-refractivity contribution in [2.75, 3.05) is 40.8 Å². The molecule has 158 valence electrons. The number of carbonyl (C=O) groups is 2. The highest BCUT2D eigenvalue weighted by molar-refractivity contribution is 6.05. The van der Waals surface area contributed by atoms with E-state index in [0.29, 0.717) is 0 Å². The number of fused-ring (bicyclic) bond motifs is 3. The molecular weight excluding hydrogens is 380 g/mol. The highest BCUT2D eigenvalue weighted by Crippen LogP contribution is 2.33. The molecule has 1 fully saturated rings. The number of imide groups is 1. The Morgan fingerprint density at radius 2 is 1.87 bits per heavy atom. The Kier molecular flexibility index (Phi) is 5.34. The summed E-state index contributed by atoms with van der Waals surface area (Å²) in [6.45, 7) is 3.90. The van der Waals surface area contributed by atoms with E-state index in [1.807, 2.05) is 74.6 Å². The predicted octanol–water partition coefficient (Wildman–Crippen LogP) is 1.70. The number of guanidine groups is 1. The Morgan fingerprint density at radius 1 is 1.13 bits per heavy atom. The van der Waals surface area contributed by atoms with E-state index in [9.17, 15) is 9.59 Å². The maximum Gasteiger partial charge on any atom is 0.328 e. The highest BCUT2D eigenvalue weighted by Gasteiger charge is 2.53. The lowest BCUT2D eigenvalue weighted by Gasteiger charge is -2.39. The van der Waals surface area contributed by atoms with Gasteiger partial charge in [-0.05, 0) is 26.6 Å². The van der Waals surface area contributed by atoms with Gasteiger partial charge >= 0.3 is 6.03 Å². The molecule has 1 aromatic rings. The molecule has 2 unspecified atom stereocenters. The molecule has 8 heteroatoms. The van der Waals surface area contributed by atoms with Crippen molar-refractivity contribution in [2.45, 2.75) is 19.1 Å². The first kappa shape index (κ1) is 20.2. The molecule has 0 aromatic heterocycles. The van der Waals surface area contributed by atoms with Gasteiger partial charge in [0.15, 0.2) is 12.2 Å². The molecule has 1 aromatic carbocycles. The van der Waals surface area contributed by atoms with Gasteiger partial charge in [-0.2, -0.15) is 0 Å². The number of nitrogens with zero attached hydrogens (tertiary/aromatic N) is 6. The van der Waals surface area contributed by atoms with Crippen molar-refractivity contribution in [1.29, 1.82) is 0 Å². The van der Waals surface area contributed by atoms with Crippen molar-refractivity contribution in [1.82, 2.24) is 24.5 Å². The third-order valence-corrected chi connectivity index (χ3v) is 5.67. The van der Waals surface area contributed by atoms with Crippen LogP contribution in [-0.2, 0) is 4.79 Å². The zero-order valence-corrected chi connectivity index (χ0v) is 17.9. The number of allylic oxidation sites excluding steroid dienone is 1. The van der Waals surface area contributed by atoms with E-state index >= 15 is 0 Å². The lowest BCUT2D eigenvalue weighted by Crippen LogP contribution is -2.64. The van der Waals surface area contributed by atoms with E-state index in [0.717, 1.165) is 30.3 Å². The Balaban J connectivity index is 1.52. The maximum absolute atomic E-state index is 13.3. The van der Waals surface area contributed by atoms with Gasteiger partial charge < -0.3 is 19.6 Å². The summed E-state index contributed by atoms with van der Waals surface area (Å²) < 4.78 is 0. The van der Waals surface area contributed by atoms with Crippen molar-refractivity contribution in [3.8, 4) is 0 Å². The molecule has 4 rings (SSSR count). The standard InChI is InChI=1S/C22H28N6O2/c1-16-15-28-18-19(23-21(28)26(16)14-13-24(2)3)25(4)22(30)27(20(18)29)12-8-11-17-9-6-5-7-10-17/h5-11,15,18-19H,12-14H2,1-4H3/b11-8+. The molecule has 3 amide bonds. The van der Waals surface area contributed by atoms with Crippen molar-refractivity contribution in [3.05, 3.63) is 53.9 Å². The number of rotatable bonds is 6. The largest absolute Gasteiger partial charge is 0.328 e.